The lowest BCUT2D eigenvalue weighted by molar-refractivity contribution is 0.0951. The quantitative estimate of drug-likeness (QED) is 0.837. The minimum atomic E-state index is -0.119. The number of pyridine rings is 1. The van der Waals surface area contributed by atoms with Crippen molar-refractivity contribution < 1.29 is 4.79 Å². The van der Waals surface area contributed by atoms with Crippen LogP contribution in [-0.2, 0) is 0 Å². The average Bonchev–Trinajstić information content (AvgIpc) is 2.83. The molecule has 1 fully saturated rings. The summed E-state index contributed by atoms with van der Waals surface area (Å²) in [6.45, 7) is 5.78. The van der Waals surface area contributed by atoms with Crippen LogP contribution in [0.1, 0.15) is 23.8 Å². The van der Waals surface area contributed by atoms with Crippen molar-refractivity contribution in [2.45, 2.75) is 13.3 Å². The SMILES string of the molecule is CCNC(=O)c1cc(NCC2CCN(C)C2)ccn1. The van der Waals surface area contributed by atoms with Gasteiger partial charge < -0.3 is 15.5 Å². The normalized spacial score (nSPS) is 19.4. The van der Waals surface area contributed by atoms with Gasteiger partial charge in [0, 0.05) is 31.5 Å². The summed E-state index contributed by atoms with van der Waals surface area (Å²) in [4.78, 5) is 18.1. The van der Waals surface area contributed by atoms with Crippen LogP contribution in [0, 0.1) is 5.92 Å². The molecular weight excluding hydrogens is 240 g/mol. The van der Waals surface area contributed by atoms with Crippen molar-refractivity contribution in [3.05, 3.63) is 24.0 Å². The maximum absolute atomic E-state index is 11.7. The molecule has 2 N–H and O–H groups in total. The molecule has 1 saturated heterocycles. The van der Waals surface area contributed by atoms with Gasteiger partial charge >= 0.3 is 0 Å². The maximum Gasteiger partial charge on any atom is 0.269 e. The van der Waals surface area contributed by atoms with E-state index in [9.17, 15) is 4.79 Å². The maximum atomic E-state index is 11.7. The number of rotatable bonds is 5. The van der Waals surface area contributed by atoms with E-state index in [1.54, 1.807) is 6.20 Å². The van der Waals surface area contributed by atoms with Gasteiger partial charge in [0.2, 0.25) is 0 Å². The summed E-state index contributed by atoms with van der Waals surface area (Å²) < 4.78 is 0. The van der Waals surface area contributed by atoms with Crippen LogP contribution in [0.2, 0.25) is 0 Å². The van der Waals surface area contributed by atoms with Crippen LogP contribution in [0.3, 0.4) is 0 Å². The first-order valence-corrected chi connectivity index (χ1v) is 6.85. The summed E-state index contributed by atoms with van der Waals surface area (Å²) in [6.07, 6.45) is 2.91. The lowest BCUT2D eigenvalue weighted by Crippen LogP contribution is -2.24. The molecule has 0 saturated carbocycles. The van der Waals surface area contributed by atoms with Gasteiger partial charge in [-0.25, -0.2) is 0 Å². The van der Waals surface area contributed by atoms with Crippen molar-refractivity contribution in [3.63, 3.8) is 0 Å². The monoisotopic (exact) mass is 262 g/mol. The number of aromatic nitrogens is 1. The first kappa shape index (κ1) is 13.8. The van der Waals surface area contributed by atoms with Gasteiger partial charge in [0.05, 0.1) is 0 Å². The zero-order chi connectivity index (χ0) is 13.7. The molecule has 0 spiro atoms. The van der Waals surface area contributed by atoms with Crippen molar-refractivity contribution in [2.24, 2.45) is 5.92 Å². The van der Waals surface area contributed by atoms with Crippen molar-refractivity contribution in [1.29, 1.82) is 0 Å². The van der Waals surface area contributed by atoms with Crippen LogP contribution in [0.4, 0.5) is 5.69 Å². The molecule has 1 atom stereocenters. The first-order valence-electron chi connectivity index (χ1n) is 6.85. The third kappa shape index (κ3) is 3.92. The van der Waals surface area contributed by atoms with Crippen molar-refractivity contribution in [3.8, 4) is 0 Å². The Morgan fingerprint density at radius 3 is 3.11 bits per heavy atom. The van der Waals surface area contributed by atoms with Crippen LogP contribution in [0.15, 0.2) is 18.3 Å². The third-order valence-electron chi connectivity index (χ3n) is 3.41. The Kier molecular flexibility index (Phi) is 4.74. The number of amides is 1. The summed E-state index contributed by atoms with van der Waals surface area (Å²) in [7, 11) is 2.15. The lowest BCUT2D eigenvalue weighted by atomic mass is 10.1. The van der Waals surface area contributed by atoms with E-state index < -0.39 is 0 Å². The molecule has 0 bridgehead atoms. The highest BCUT2D eigenvalue weighted by atomic mass is 16.1. The topological polar surface area (TPSA) is 57.3 Å². The number of nitrogens with zero attached hydrogens (tertiary/aromatic N) is 2. The third-order valence-corrected chi connectivity index (χ3v) is 3.41. The Balaban J connectivity index is 1.90. The fourth-order valence-corrected chi connectivity index (χ4v) is 2.37. The fourth-order valence-electron chi connectivity index (χ4n) is 2.37. The Morgan fingerprint density at radius 1 is 1.58 bits per heavy atom. The van der Waals surface area contributed by atoms with Gasteiger partial charge in [-0.15, -0.1) is 0 Å². The van der Waals surface area contributed by atoms with Crippen LogP contribution < -0.4 is 10.6 Å². The van der Waals surface area contributed by atoms with E-state index in [0.29, 0.717) is 18.2 Å². The first-order chi connectivity index (χ1) is 9.19. The highest BCUT2D eigenvalue weighted by Gasteiger charge is 2.18. The molecule has 1 unspecified atom stereocenters. The summed E-state index contributed by atoms with van der Waals surface area (Å²) in [5.41, 5.74) is 1.43. The molecule has 5 heteroatoms. The summed E-state index contributed by atoms with van der Waals surface area (Å²) in [5.74, 6) is 0.567. The Labute approximate surface area is 114 Å². The molecule has 1 amide bonds. The zero-order valence-electron chi connectivity index (χ0n) is 11.6. The number of likely N-dealkylation sites (tertiary alicyclic amines) is 1. The van der Waals surface area contributed by atoms with Crippen LogP contribution in [-0.4, -0.2) is 49.0 Å². The molecule has 1 aromatic heterocycles. The van der Waals surface area contributed by atoms with Gasteiger partial charge in [-0.05, 0) is 45.0 Å². The molecule has 0 radical (unpaired) electrons. The molecule has 1 aliphatic rings. The molecule has 0 aliphatic carbocycles. The van der Waals surface area contributed by atoms with Crippen LogP contribution in [0.25, 0.3) is 0 Å². The number of hydrogen-bond acceptors (Lipinski definition) is 4. The number of nitrogens with one attached hydrogen (secondary N) is 2. The minimum Gasteiger partial charge on any atom is -0.385 e. The smallest absolute Gasteiger partial charge is 0.269 e. The zero-order valence-corrected chi connectivity index (χ0v) is 11.6. The van der Waals surface area contributed by atoms with E-state index in [0.717, 1.165) is 18.8 Å². The molecule has 19 heavy (non-hydrogen) atoms. The summed E-state index contributed by atoms with van der Waals surface area (Å²) in [6, 6.07) is 3.71. The van der Waals surface area contributed by atoms with Crippen LogP contribution >= 0.6 is 0 Å². The Hall–Kier alpha value is -1.62. The molecule has 104 valence electrons. The van der Waals surface area contributed by atoms with Gasteiger partial charge in [0.15, 0.2) is 0 Å². The molecular formula is C14H22N4O. The van der Waals surface area contributed by atoms with Gasteiger partial charge in [-0.2, -0.15) is 0 Å². The van der Waals surface area contributed by atoms with Crippen molar-refractivity contribution in [2.75, 3.05) is 38.5 Å². The van der Waals surface area contributed by atoms with E-state index in [1.807, 2.05) is 19.1 Å². The Bertz CT molecular complexity index is 435. The van der Waals surface area contributed by atoms with E-state index >= 15 is 0 Å². The molecule has 5 nitrogen and oxygen atoms in total. The molecule has 2 heterocycles. The lowest BCUT2D eigenvalue weighted by Gasteiger charge is -2.13. The average molecular weight is 262 g/mol. The second kappa shape index (κ2) is 6.52. The largest absolute Gasteiger partial charge is 0.385 e. The standard InChI is InChI=1S/C14H22N4O/c1-3-15-14(19)13-8-12(4-6-16-13)17-9-11-5-7-18(2)10-11/h4,6,8,11H,3,5,7,9-10H2,1-2H3,(H,15,19)(H,16,17). The number of hydrogen-bond donors (Lipinski definition) is 2. The predicted octanol–water partition coefficient (Wildman–Crippen LogP) is 1.19. The van der Waals surface area contributed by atoms with E-state index in [2.05, 4.69) is 27.6 Å². The summed E-state index contributed by atoms with van der Waals surface area (Å²) in [5, 5.41) is 6.15. The van der Waals surface area contributed by atoms with Gasteiger partial charge in [0.25, 0.3) is 5.91 Å². The second-order valence-corrected chi connectivity index (χ2v) is 5.09. The molecule has 1 aromatic rings. The molecule has 1 aliphatic heterocycles. The molecule has 2 rings (SSSR count). The van der Waals surface area contributed by atoms with E-state index in [4.69, 9.17) is 0 Å². The van der Waals surface area contributed by atoms with Gasteiger partial charge in [-0.3, -0.25) is 9.78 Å². The highest BCUT2D eigenvalue weighted by molar-refractivity contribution is 5.93. The fraction of sp³-hybridized carbons (Fsp3) is 0.571. The Morgan fingerprint density at radius 2 is 2.42 bits per heavy atom. The predicted molar refractivity (Wildman–Crippen MR) is 76.3 cm³/mol. The van der Waals surface area contributed by atoms with Crippen LogP contribution in [0.5, 0.6) is 0 Å². The summed E-state index contributed by atoms with van der Waals surface area (Å²) >= 11 is 0. The van der Waals surface area contributed by atoms with Gasteiger partial charge in [0.1, 0.15) is 5.69 Å². The van der Waals surface area contributed by atoms with E-state index in [1.165, 1.54) is 13.0 Å². The number of carbonyl (C=O) groups is 1. The number of anilines is 1. The van der Waals surface area contributed by atoms with E-state index in [-0.39, 0.29) is 5.91 Å². The minimum absolute atomic E-state index is 0.119. The second-order valence-electron chi connectivity index (χ2n) is 5.09. The highest BCUT2D eigenvalue weighted by Crippen LogP contribution is 2.16. The van der Waals surface area contributed by atoms with Crippen molar-refractivity contribution >= 4 is 11.6 Å². The number of carbonyl (C=O) groups excluding carboxylic acids is 1. The van der Waals surface area contributed by atoms with Crippen molar-refractivity contribution in [1.82, 2.24) is 15.2 Å². The molecule has 0 aromatic carbocycles. The van der Waals surface area contributed by atoms with Gasteiger partial charge in [-0.1, -0.05) is 0 Å².